The summed E-state index contributed by atoms with van der Waals surface area (Å²) in [7, 11) is 3.35. The van der Waals surface area contributed by atoms with Gasteiger partial charge >= 0.3 is 0 Å². The van der Waals surface area contributed by atoms with E-state index in [2.05, 4.69) is 18.2 Å². The molecule has 4 aromatic carbocycles. The Balaban J connectivity index is 1.55. The van der Waals surface area contributed by atoms with Crippen molar-refractivity contribution in [3.63, 3.8) is 0 Å². The van der Waals surface area contributed by atoms with Gasteiger partial charge in [-0.1, -0.05) is 47.5 Å². The Morgan fingerprint density at radius 3 is 2.05 bits per heavy atom. The number of ether oxygens (including phenoxy) is 4. The van der Waals surface area contributed by atoms with E-state index in [0.717, 1.165) is 45.3 Å². The Kier molecular flexibility index (Phi) is 6.46. The second-order valence-corrected chi connectivity index (χ2v) is 10.4. The topological polar surface area (TPSA) is 36.9 Å². The molecule has 3 atom stereocenters. The van der Waals surface area contributed by atoms with Gasteiger partial charge in [0.1, 0.15) is 23.0 Å². The van der Waals surface area contributed by atoms with E-state index in [0.29, 0.717) is 16.5 Å². The zero-order valence-corrected chi connectivity index (χ0v) is 22.5. The molecule has 0 N–H and O–H groups in total. The quantitative estimate of drug-likeness (QED) is 0.253. The van der Waals surface area contributed by atoms with Crippen LogP contribution in [0.5, 0.6) is 23.0 Å². The van der Waals surface area contributed by atoms with Crippen LogP contribution in [0.15, 0.2) is 91.0 Å². The lowest BCUT2D eigenvalue weighted by Gasteiger charge is -2.50. The molecule has 6 heteroatoms. The van der Waals surface area contributed by atoms with Crippen molar-refractivity contribution in [2.45, 2.75) is 18.1 Å². The van der Waals surface area contributed by atoms with Crippen LogP contribution >= 0.6 is 23.2 Å². The Morgan fingerprint density at radius 1 is 0.763 bits per heavy atom. The predicted octanol–water partition coefficient (Wildman–Crippen LogP) is 8.30. The highest BCUT2D eigenvalue weighted by Gasteiger charge is 2.55. The second kappa shape index (κ2) is 9.94. The van der Waals surface area contributed by atoms with Gasteiger partial charge in [-0.15, -0.1) is 0 Å². The molecular formula is C32H26Cl2O4. The molecular weight excluding hydrogens is 519 g/mol. The zero-order valence-electron chi connectivity index (χ0n) is 21.0. The van der Waals surface area contributed by atoms with Gasteiger partial charge in [-0.3, -0.25) is 0 Å². The summed E-state index contributed by atoms with van der Waals surface area (Å²) in [6, 6.07) is 27.4. The van der Waals surface area contributed by atoms with Crippen molar-refractivity contribution in [3.8, 4) is 23.0 Å². The third-order valence-electron chi connectivity index (χ3n) is 7.34. The number of allylic oxidation sites excluding steroid dienone is 1. The van der Waals surface area contributed by atoms with E-state index in [9.17, 15) is 0 Å². The standard InChI is InChI=1S/C32H26Cl2O4/c1-35-25-12-15-30-21(17-25)18-29-27(14-5-20-3-8-23(33)9-4-20)28-19-26(36-2)13-16-31(28)38-32(29,37-30)22-6-10-24(34)11-7-22/h3-17,19,27,29H,18H2,1-2H3/b14-5+/t27?,29-,32+/m1/s1. The molecule has 0 fully saturated rings. The van der Waals surface area contributed by atoms with Crippen molar-refractivity contribution in [2.75, 3.05) is 14.2 Å². The van der Waals surface area contributed by atoms with Crippen LogP contribution in [0.25, 0.3) is 6.08 Å². The molecule has 192 valence electrons. The summed E-state index contributed by atoms with van der Waals surface area (Å²) in [6.45, 7) is 0. The molecule has 4 nitrogen and oxygen atoms in total. The maximum Gasteiger partial charge on any atom is 0.281 e. The minimum Gasteiger partial charge on any atom is -0.497 e. The molecule has 0 radical (unpaired) electrons. The van der Waals surface area contributed by atoms with Crippen LogP contribution in [0.1, 0.15) is 28.2 Å². The molecule has 38 heavy (non-hydrogen) atoms. The van der Waals surface area contributed by atoms with E-state index in [1.807, 2.05) is 78.9 Å². The van der Waals surface area contributed by atoms with Crippen molar-refractivity contribution < 1.29 is 18.9 Å². The predicted molar refractivity (Wildman–Crippen MR) is 151 cm³/mol. The average Bonchev–Trinajstić information content (AvgIpc) is 2.95. The van der Waals surface area contributed by atoms with Gasteiger partial charge in [0.25, 0.3) is 5.79 Å². The van der Waals surface area contributed by atoms with E-state index in [4.69, 9.17) is 42.1 Å². The molecule has 0 bridgehead atoms. The fraction of sp³-hybridized carbons (Fsp3) is 0.188. The lowest BCUT2D eigenvalue weighted by atomic mass is 9.71. The lowest BCUT2D eigenvalue weighted by Crippen LogP contribution is -2.53. The van der Waals surface area contributed by atoms with Crippen LogP contribution in [0.3, 0.4) is 0 Å². The maximum atomic E-state index is 6.86. The van der Waals surface area contributed by atoms with Crippen LogP contribution in [0, 0.1) is 5.92 Å². The Hall–Kier alpha value is -3.60. The number of rotatable bonds is 5. The van der Waals surface area contributed by atoms with E-state index < -0.39 is 5.79 Å². The van der Waals surface area contributed by atoms with E-state index in [1.165, 1.54) is 0 Å². The number of methoxy groups -OCH3 is 2. The van der Waals surface area contributed by atoms with Gasteiger partial charge in [0, 0.05) is 27.1 Å². The molecule has 0 amide bonds. The lowest BCUT2D eigenvalue weighted by molar-refractivity contribution is -0.187. The normalized spacial score (nSPS) is 21.5. The van der Waals surface area contributed by atoms with Crippen molar-refractivity contribution >= 4 is 29.3 Å². The van der Waals surface area contributed by atoms with Gasteiger partial charge in [0.05, 0.1) is 20.1 Å². The summed E-state index contributed by atoms with van der Waals surface area (Å²) in [5, 5.41) is 1.36. The van der Waals surface area contributed by atoms with Crippen molar-refractivity contribution in [2.24, 2.45) is 5.92 Å². The van der Waals surface area contributed by atoms with Crippen LogP contribution in [0.2, 0.25) is 10.0 Å². The highest BCUT2D eigenvalue weighted by Crippen LogP contribution is 2.56. The van der Waals surface area contributed by atoms with Crippen molar-refractivity contribution in [3.05, 3.63) is 123 Å². The molecule has 0 spiro atoms. The highest BCUT2D eigenvalue weighted by molar-refractivity contribution is 6.30. The minimum atomic E-state index is -1.07. The number of hydrogen-bond acceptors (Lipinski definition) is 4. The monoisotopic (exact) mass is 544 g/mol. The smallest absolute Gasteiger partial charge is 0.281 e. The zero-order chi connectivity index (χ0) is 26.3. The SMILES string of the molecule is COc1ccc2c(c1)C[C@@H]1C(/C=C/c3ccc(Cl)cc3)c3cc(OC)ccc3O[C@]1(c1ccc(Cl)cc1)O2. The van der Waals surface area contributed by atoms with Crippen molar-refractivity contribution in [1.29, 1.82) is 0 Å². The minimum absolute atomic E-state index is 0.0560. The molecule has 0 saturated carbocycles. The third kappa shape index (κ3) is 4.38. The molecule has 2 heterocycles. The van der Waals surface area contributed by atoms with Gasteiger partial charge in [-0.2, -0.15) is 0 Å². The van der Waals surface area contributed by atoms with E-state index in [-0.39, 0.29) is 11.8 Å². The largest absolute Gasteiger partial charge is 0.497 e. The van der Waals surface area contributed by atoms with Gasteiger partial charge in [-0.25, -0.2) is 0 Å². The fourth-order valence-corrected chi connectivity index (χ4v) is 5.69. The number of hydrogen-bond donors (Lipinski definition) is 0. The van der Waals surface area contributed by atoms with Gasteiger partial charge in [0.2, 0.25) is 0 Å². The van der Waals surface area contributed by atoms with Crippen LogP contribution in [0.4, 0.5) is 0 Å². The summed E-state index contributed by atoms with van der Waals surface area (Å²) in [5.74, 6) is 1.86. The maximum absolute atomic E-state index is 6.86. The van der Waals surface area contributed by atoms with Gasteiger partial charge in [0.15, 0.2) is 0 Å². The number of halogens is 2. The Labute approximate surface area is 232 Å². The summed E-state index contributed by atoms with van der Waals surface area (Å²) >= 11 is 12.4. The molecule has 1 unspecified atom stereocenters. The van der Waals surface area contributed by atoms with Crippen LogP contribution in [-0.4, -0.2) is 14.2 Å². The second-order valence-electron chi connectivity index (χ2n) is 9.50. The summed E-state index contributed by atoms with van der Waals surface area (Å²) in [6.07, 6.45) is 5.07. The summed E-state index contributed by atoms with van der Waals surface area (Å²) in [5.41, 5.74) is 4.07. The first-order valence-corrected chi connectivity index (χ1v) is 13.2. The first-order valence-electron chi connectivity index (χ1n) is 12.4. The van der Waals surface area contributed by atoms with Gasteiger partial charge in [-0.05, 0) is 90.3 Å². The molecule has 6 rings (SSSR count). The van der Waals surface area contributed by atoms with Crippen LogP contribution in [-0.2, 0) is 12.2 Å². The average molecular weight is 545 g/mol. The van der Waals surface area contributed by atoms with Crippen LogP contribution < -0.4 is 18.9 Å². The highest BCUT2D eigenvalue weighted by atomic mass is 35.5. The molecule has 2 aliphatic heterocycles. The molecule has 0 aromatic heterocycles. The van der Waals surface area contributed by atoms with Crippen molar-refractivity contribution in [1.82, 2.24) is 0 Å². The summed E-state index contributed by atoms with van der Waals surface area (Å²) in [4.78, 5) is 0. The molecule has 2 aliphatic rings. The Morgan fingerprint density at radius 2 is 1.37 bits per heavy atom. The van der Waals surface area contributed by atoms with E-state index in [1.54, 1.807) is 14.2 Å². The first-order chi connectivity index (χ1) is 18.5. The molecule has 4 aromatic rings. The van der Waals surface area contributed by atoms with E-state index >= 15 is 0 Å². The Bertz CT molecular complexity index is 1500. The number of fused-ring (bicyclic) bond motifs is 3. The molecule has 0 saturated heterocycles. The summed E-state index contributed by atoms with van der Waals surface area (Å²) < 4.78 is 24.8. The number of benzene rings is 4. The van der Waals surface area contributed by atoms with Gasteiger partial charge < -0.3 is 18.9 Å². The first kappa shape index (κ1) is 24.7. The third-order valence-corrected chi connectivity index (χ3v) is 7.84. The fourth-order valence-electron chi connectivity index (χ4n) is 5.44. The molecule has 0 aliphatic carbocycles.